The van der Waals surface area contributed by atoms with Crippen LogP contribution in [0.25, 0.3) is 0 Å². The summed E-state index contributed by atoms with van der Waals surface area (Å²) in [7, 11) is 0. The van der Waals surface area contributed by atoms with Crippen molar-refractivity contribution in [1.82, 2.24) is 4.98 Å². The van der Waals surface area contributed by atoms with E-state index in [4.69, 9.17) is 15.0 Å². The second-order valence-corrected chi connectivity index (χ2v) is 6.34. The van der Waals surface area contributed by atoms with E-state index < -0.39 is 25.2 Å². The topological polar surface area (TPSA) is 56.1 Å². The van der Waals surface area contributed by atoms with Gasteiger partial charge in [-0.25, -0.2) is 15.0 Å². The van der Waals surface area contributed by atoms with Gasteiger partial charge in [-0.15, -0.1) is 0 Å². The molecule has 5 nitrogen and oxygen atoms in total. The number of hydrogen-bond acceptors (Lipinski definition) is 5. The number of hydrogen-bond donors (Lipinski definition) is 0. The molecule has 0 aliphatic carbocycles. The smallest absolute Gasteiger partial charge is 0.236 e. The van der Waals surface area contributed by atoms with Gasteiger partial charge in [-0.05, 0) is 23.3 Å². The van der Waals surface area contributed by atoms with Crippen molar-refractivity contribution < 1.29 is 15.0 Å². The first-order chi connectivity index (χ1) is 15.3. The molecule has 2 aliphatic heterocycles. The van der Waals surface area contributed by atoms with Crippen LogP contribution in [-0.4, -0.2) is 29.9 Å². The molecular formula is C23H19N3O2. The van der Waals surface area contributed by atoms with Gasteiger partial charge in [0.25, 0.3) is 0 Å². The Morgan fingerprint density at radius 1 is 0.643 bits per heavy atom. The van der Waals surface area contributed by atoms with Crippen LogP contribution in [0.2, 0.25) is 0 Å². The van der Waals surface area contributed by atoms with Crippen LogP contribution in [0.3, 0.4) is 0 Å². The molecule has 1 aromatic heterocycles. The van der Waals surface area contributed by atoms with Gasteiger partial charge in [-0.1, -0.05) is 66.7 Å². The van der Waals surface area contributed by atoms with Gasteiger partial charge in [0.1, 0.15) is 36.6 Å². The summed E-state index contributed by atoms with van der Waals surface area (Å²) in [6.07, 6.45) is 0. The first-order valence-corrected chi connectivity index (χ1v) is 8.95. The lowest BCUT2D eigenvalue weighted by Gasteiger charge is -2.04. The van der Waals surface area contributed by atoms with Crippen LogP contribution < -0.4 is 0 Å². The standard InChI is InChI=1S/C23H19N3O2/c1-3-8-16(9-4-1)20-14-27-22(25-20)18-12-7-13-19(24-18)23-26-21(15-28-23)17-10-5-2-6-11-17/h1-13,20-21H,14-15H2/t20-,21-/m1/s1/i14D2,15D2. The van der Waals surface area contributed by atoms with Gasteiger partial charge in [0.2, 0.25) is 11.8 Å². The molecule has 0 spiro atoms. The minimum atomic E-state index is -2.02. The quantitative estimate of drug-likeness (QED) is 0.691. The Labute approximate surface area is 169 Å². The number of benzene rings is 2. The van der Waals surface area contributed by atoms with Gasteiger partial charge < -0.3 is 9.47 Å². The molecule has 0 N–H and O–H groups in total. The molecule has 138 valence electrons. The zero-order valence-electron chi connectivity index (χ0n) is 18.8. The third-order valence-electron chi connectivity index (χ3n) is 4.45. The summed E-state index contributed by atoms with van der Waals surface area (Å²) >= 11 is 0. The molecule has 0 saturated heterocycles. The fourth-order valence-electron chi connectivity index (χ4n) is 3.03. The molecule has 0 saturated carbocycles. The number of ether oxygens (including phenoxy) is 2. The van der Waals surface area contributed by atoms with E-state index in [0.717, 1.165) is 0 Å². The summed E-state index contributed by atoms with van der Waals surface area (Å²) in [4.78, 5) is 13.4. The van der Waals surface area contributed by atoms with Gasteiger partial charge in [-0.2, -0.15) is 0 Å². The van der Waals surface area contributed by atoms with Crippen LogP contribution in [0.5, 0.6) is 0 Å². The van der Waals surface area contributed by atoms with Gasteiger partial charge in [0.05, 0.1) is 5.48 Å². The Hall–Kier alpha value is -3.47. The largest absolute Gasteiger partial charge is 0.474 e. The molecule has 0 amide bonds. The minimum absolute atomic E-state index is 0.0759. The van der Waals surface area contributed by atoms with Crippen LogP contribution >= 0.6 is 0 Å². The molecule has 0 fully saturated rings. The van der Waals surface area contributed by atoms with E-state index in [-0.39, 0.29) is 11.8 Å². The highest BCUT2D eigenvalue weighted by molar-refractivity contribution is 5.97. The highest BCUT2D eigenvalue weighted by atomic mass is 16.5. The van der Waals surface area contributed by atoms with E-state index in [2.05, 4.69) is 15.0 Å². The molecule has 5 rings (SSSR count). The van der Waals surface area contributed by atoms with Gasteiger partial charge in [0, 0.05) is 0 Å². The van der Waals surface area contributed by atoms with Crippen molar-refractivity contribution in [2.45, 2.75) is 12.1 Å². The summed E-state index contributed by atoms with van der Waals surface area (Å²) in [5, 5.41) is 0. The third kappa shape index (κ3) is 3.27. The highest BCUT2D eigenvalue weighted by Crippen LogP contribution is 2.26. The van der Waals surface area contributed by atoms with Crippen molar-refractivity contribution in [3.8, 4) is 0 Å². The second kappa shape index (κ2) is 7.27. The van der Waals surface area contributed by atoms with Crippen molar-refractivity contribution in [2.24, 2.45) is 9.98 Å². The van der Waals surface area contributed by atoms with E-state index >= 15 is 0 Å². The summed E-state index contributed by atoms with van der Waals surface area (Å²) in [5.41, 5.74) is 2.04. The maximum atomic E-state index is 8.26. The fourth-order valence-corrected chi connectivity index (χ4v) is 3.03. The molecule has 0 radical (unpaired) electrons. The summed E-state index contributed by atoms with van der Waals surface area (Å²) < 4.78 is 44.1. The molecule has 2 atom stereocenters. The average molecular weight is 373 g/mol. The van der Waals surface area contributed by atoms with Crippen LogP contribution in [0.1, 0.15) is 40.1 Å². The summed E-state index contributed by atoms with van der Waals surface area (Å²) in [6.45, 7) is -4.04. The van der Waals surface area contributed by atoms with E-state index in [1.54, 1.807) is 42.5 Å². The average Bonchev–Trinajstić information content (AvgIpc) is 3.30. The zero-order chi connectivity index (χ0) is 22.3. The van der Waals surface area contributed by atoms with Crippen molar-refractivity contribution in [3.63, 3.8) is 0 Å². The van der Waals surface area contributed by atoms with E-state index in [0.29, 0.717) is 22.5 Å². The molecule has 2 aromatic carbocycles. The van der Waals surface area contributed by atoms with Gasteiger partial charge >= 0.3 is 0 Å². The van der Waals surface area contributed by atoms with Crippen molar-refractivity contribution >= 4 is 11.8 Å². The molecule has 28 heavy (non-hydrogen) atoms. The van der Waals surface area contributed by atoms with Gasteiger partial charge in [0.15, 0.2) is 0 Å². The molecule has 0 bridgehead atoms. The maximum Gasteiger partial charge on any atom is 0.236 e. The first-order valence-electron chi connectivity index (χ1n) is 10.9. The van der Waals surface area contributed by atoms with E-state index in [1.807, 2.05) is 36.4 Å². The first kappa shape index (κ1) is 12.8. The lowest BCUT2D eigenvalue weighted by atomic mass is 10.1. The SMILES string of the molecule is [2H]C1([2H])OC(c2cccc(C3=N[C@@H](c4ccccc4)C([2H])([2H])O3)n2)=N[C@H]1c1ccccc1. The Kier molecular flexibility index (Phi) is 3.33. The van der Waals surface area contributed by atoms with Crippen molar-refractivity contribution in [1.29, 1.82) is 0 Å². The summed E-state index contributed by atoms with van der Waals surface area (Å²) in [6, 6.07) is 21.6. The lowest BCUT2D eigenvalue weighted by molar-refractivity contribution is 0.317. The van der Waals surface area contributed by atoms with Crippen LogP contribution in [0.15, 0.2) is 88.8 Å². The molecule has 5 heteroatoms. The van der Waals surface area contributed by atoms with Crippen molar-refractivity contribution in [2.75, 3.05) is 13.1 Å². The van der Waals surface area contributed by atoms with Gasteiger partial charge in [-0.3, -0.25) is 0 Å². The maximum absolute atomic E-state index is 8.26. The number of aromatic nitrogens is 1. The Morgan fingerprint density at radius 3 is 1.57 bits per heavy atom. The molecule has 3 heterocycles. The molecule has 2 aliphatic rings. The van der Waals surface area contributed by atoms with Crippen LogP contribution in [0, 0.1) is 0 Å². The molecular weight excluding hydrogens is 350 g/mol. The van der Waals surface area contributed by atoms with Crippen LogP contribution in [-0.2, 0) is 9.47 Å². The molecule has 0 unspecified atom stereocenters. The number of nitrogens with zero attached hydrogens (tertiary/aromatic N) is 3. The minimum Gasteiger partial charge on any atom is -0.474 e. The monoisotopic (exact) mass is 373 g/mol. The predicted molar refractivity (Wildman–Crippen MR) is 108 cm³/mol. The lowest BCUT2D eigenvalue weighted by Crippen LogP contribution is -2.09. The zero-order valence-corrected chi connectivity index (χ0v) is 14.8. The Bertz CT molecular complexity index is 1110. The molecule has 3 aromatic rings. The van der Waals surface area contributed by atoms with Crippen LogP contribution in [0.4, 0.5) is 0 Å². The van der Waals surface area contributed by atoms with E-state index in [1.165, 1.54) is 0 Å². The Balaban J connectivity index is 1.47. The second-order valence-electron chi connectivity index (χ2n) is 6.34. The Morgan fingerprint density at radius 2 is 1.11 bits per heavy atom. The number of rotatable bonds is 4. The fraction of sp³-hybridized carbons (Fsp3) is 0.174. The predicted octanol–water partition coefficient (Wildman–Crippen LogP) is 4.12. The third-order valence-corrected chi connectivity index (χ3v) is 4.45. The van der Waals surface area contributed by atoms with E-state index in [9.17, 15) is 0 Å². The number of aliphatic imine (C=N–C) groups is 2. The highest BCUT2D eigenvalue weighted by Gasteiger charge is 2.25. The normalized spacial score (nSPS) is 26.6. The number of pyridine rings is 1. The summed E-state index contributed by atoms with van der Waals surface area (Å²) in [5.74, 6) is 0.152. The van der Waals surface area contributed by atoms with Crippen molar-refractivity contribution in [3.05, 3.63) is 101 Å².